The molecule has 0 aliphatic carbocycles. The molecular formula is C17H13F5N2O2. The number of halogens is 5. The largest absolute Gasteiger partial charge is 0.434 e. The first-order valence-electron chi connectivity index (χ1n) is 7.53. The van der Waals surface area contributed by atoms with Crippen molar-refractivity contribution >= 4 is 11.6 Å². The maximum Gasteiger partial charge on any atom is 0.406 e. The summed E-state index contributed by atoms with van der Waals surface area (Å²) in [6.45, 7) is -4.69. The third-order valence-corrected chi connectivity index (χ3v) is 3.80. The molecule has 1 atom stereocenters. The molecule has 1 N–H and O–H groups in total. The van der Waals surface area contributed by atoms with E-state index in [1.165, 1.54) is 42.5 Å². The van der Waals surface area contributed by atoms with E-state index in [0.29, 0.717) is 10.6 Å². The molecule has 4 nitrogen and oxygen atoms in total. The number of carbonyl (C=O) groups excluding carboxylic acids is 1. The van der Waals surface area contributed by atoms with E-state index in [4.69, 9.17) is 0 Å². The maximum atomic E-state index is 13.0. The second-order valence-electron chi connectivity index (χ2n) is 5.56. The van der Waals surface area contributed by atoms with Crippen molar-refractivity contribution < 1.29 is 31.5 Å². The Kier molecular flexibility index (Phi) is 4.71. The maximum absolute atomic E-state index is 13.0. The van der Waals surface area contributed by atoms with Gasteiger partial charge in [-0.1, -0.05) is 30.3 Å². The van der Waals surface area contributed by atoms with Gasteiger partial charge >= 0.3 is 12.8 Å². The van der Waals surface area contributed by atoms with E-state index in [2.05, 4.69) is 10.1 Å². The van der Waals surface area contributed by atoms with E-state index < -0.39 is 31.4 Å². The summed E-state index contributed by atoms with van der Waals surface area (Å²) in [6, 6.07) is 11.5. The zero-order chi connectivity index (χ0) is 18.9. The Morgan fingerprint density at radius 3 is 2.42 bits per heavy atom. The molecule has 9 heteroatoms. The Morgan fingerprint density at radius 2 is 1.73 bits per heavy atom. The zero-order valence-corrected chi connectivity index (χ0v) is 13.1. The van der Waals surface area contributed by atoms with Crippen molar-refractivity contribution in [2.75, 3.05) is 11.9 Å². The first-order chi connectivity index (χ1) is 12.3. The molecule has 0 unspecified atom stereocenters. The SMILES string of the molecule is O=C1c2ccccc2N[C@@H](c2ccccc2OC(F)F)N1CC(F)(F)F. The van der Waals surface area contributed by atoms with Crippen molar-refractivity contribution in [3.8, 4) is 5.75 Å². The number of carbonyl (C=O) groups is 1. The van der Waals surface area contributed by atoms with Gasteiger partial charge < -0.3 is 15.0 Å². The molecule has 138 valence electrons. The lowest BCUT2D eigenvalue weighted by Crippen LogP contribution is -2.47. The number of para-hydroxylation sites is 2. The summed E-state index contributed by atoms with van der Waals surface area (Å²) in [4.78, 5) is 13.2. The molecule has 3 rings (SSSR count). The normalized spacial score (nSPS) is 17.1. The van der Waals surface area contributed by atoms with Crippen molar-refractivity contribution in [2.24, 2.45) is 0 Å². The Bertz CT molecular complexity index is 810. The molecular weight excluding hydrogens is 359 g/mol. The predicted octanol–water partition coefficient (Wildman–Crippen LogP) is 4.42. The van der Waals surface area contributed by atoms with Gasteiger partial charge in [0.05, 0.1) is 5.56 Å². The highest BCUT2D eigenvalue weighted by Crippen LogP contribution is 2.38. The van der Waals surface area contributed by atoms with E-state index in [1.54, 1.807) is 6.07 Å². The summed E-state index contributed by atoms with van der Waals surface area (Å²) in [7, 11) is 0. The number of fused-ring (bicyclic) bond motifs is 1. The number of anilines is 1. The number of nitrogens with one attached hydrogen (secondary N) is 1. The van der Waals surface area contributed by atoms with Crippen molar-refractivity contribution in [1.29, 1.82) is 0 Å². The van der Waals surface area contributed by atoms with E-state index in [0.717, 1.165) is 0 Å². The minimum absolute atomic E-state index is 0.0000898. The van der Waals surface area contributed by atoms with Gasteiger partial charge in [-0.3, -0.25) is 4.79 Å². The van der Waals surface area contributed by atoms with Gasteiger partial charge in [-0.2, -0.15) is 22.0 Å². The monoisotopic (exact) mass is 372 g/mol. The number of ether oxygens (including phenoxy) is 1. The van der Waals surface area contributed by atoms with Crippen LogP contribution in [0.1, 0.15) is 22.1 Å². The Morgan fingerprint density at radius 1 is 1.08 bits per heavy atom. The van der Waals surface area contributed by atoms with Gasteiger partial charge in [0, 0.05) is 11.3 Å². The average molecular weight is 372 g/mol. The highest BCUT2D eigenvalue weighted by atomic mass is 19.4. The molecule has 1 amide bonds. The van der Waals surface area contributed by atoms with Crippen LogP contribution < -0.4 is 10.1 Å². The standard InChI is InChI=1S/C17H13F5N2O2/c18-16(19)26-13-8-4-2-6-11(13)14-23-12-7-3-1-5-10(12)15(25)24(14)9-17(20,21)22/h1-8,14,16,23H,9H2/t14-/m1/s1. The number of amides is 1. The molecule has 0 aromatic heterocycles. The lowest BCUT2D eigenvalue weighted by Gasteiger charge is -2.38. The molecule has 2 aromatic rings. The highest BCUT2D eigenvalue weighted by Gasteiger charge is 2.41. The molecule has 1 aliphatic heterocycles. The van der Waals surface area contributed by atoms with E-state index in [-0.39, 0.29) is 16.9 Å². The molecule has 0 spiro atoms. The van der Waals surface area contributed by atoms with Crippen molar-refractivity contribution in [1.82, 2.24) is 4.90 Å². The van der Waals surface area contributed by atoms with Crippen LogP contribution in [0.15, 0.2) is 48.5 Å². The third-order valence-electron chi connectivity index (χ3n) is 3.80. The van der Waals surface area contributed by atoms with Gasteiger partial charge in [0.2, 0.25) is 0 Å². The van der Waals surface area contributed by atoms with E-state index in [9.17, 15) is 26.7 Å². The molecule has 0 fully saturated rings. The first-order valence-corrected chi connectivity index (χ1v) is 7.53. The number of benzene rings is 2. The number of hydrogen-bond acceptors (Lipinski definition) is 3. The molecule has 0 saturated carbocycles. The topological polar surface area (TPSA) is 41.6 Å². The quantitative estimate of drug-likeness (QED) is 0.808. The molecule has 1 aliphatic rings. The fraction of sp³-hybridized carbons (Fsp3) is 0.235. The van der Waals surface area contributed by atoms with E-state index in [1.807, 2.05) is 0 Å². The lowest BCUT2D eigenvalue weighted by molar-refractivity contribution is -0.144. The van der Waals surface area contributed by atoms with Gasteiger partial charge in [-0.15, -0.1) is 0 Å². The second-order valence-corrected chi connectivity index (χ2v) is 5.56. The van der Waals surface area contributed by atoms with Crippen LogP contribution in [-0.4, -0.2) is 30.1 Å². The molecule has 26 heavy (non-hydrogen) atoms. The Balaban J connectivity index is 2.07. The zero-order valence-electron chi connectivity index (χ0n) is 13.1. The average Bonchev–Trinajstić information content (AvgIpc) is 2.56. The highest BCUT2D eigenvalue weighted by molar-refractivity contribution is 6.01. The first kappa shape index (κ1) is 18.0. The summed E-state index contributed by atoms with van der Waals surface area (Å²) in [5, 5.41) is 2.81. The van der Waals surface area contributed by atoms with Crippen LogP contribution in [-0.2, 0) is 0 Å². The van der Waals surface area contributed by atoms with Crippen LogP contribution in [0.25, 0.3) is 0 Å². The van der Waals surface area contributed by atoms with Gasteiger partial charge in [0.25, 0.3) is 5.91 Å². The summed E-state index contributed by atoms with van der Waals surface area (Å²) < 4.78 is 68.8. The van der Waals surface area contributed by atoms with Crippen LogP contribution in [0.3, 0.4) is 0 Å². The van der Waals surface area contributed by atoms with Gasteiger partial charge in [0.1, 0.15) is 18.5 Å². The van der Waals surface area contributed by atoms with Gasteiger partial charge in [-0.25, -0.2) is 0 Å². The van der Waals surface area contributed by atoms with Crippen molar-refractivity contribution in [2.45, 2.75) is 19.0 Å². The van der Waals surface area contributed by atoms with E-state index >= 15 is 0 Å². The Labute approximate surface area is 145 Å². The van der Waals surface area contributed by atoms with Crippen LogP contribution in [0.4, 0.5) is 27.6 Å². The number of rotatable bonds is 4. The number of nitrogens with zero attached hydrogens (tertiary/aromatic N) is 1. The minimum Gasteiger partial charge on any atom is -0.434 e. The summed E-state index contributed by atoms with van der Waals surface area (Å²) >= 11 is 0. The van der Waals surface area contributed by atoms with Gasteiger partial charge in [0.15, 0.2) is 0 Å². The predicted molar refractivity (Wildman–Crippen MR) is 83.0 cm³/mol. The lowest BCUT2D eigenvalue weighted by atomic mass is 10.0. The smallest absolute Gasteiger partial charge is 0.406 e. The Hall–Kier alpha value is -2.84. The van der Waals surface area contributed by atoms with Crippen LogP contribution in [0, 0.1) is 0 Å². The summed E-state index contributed by atoms with van der Waals surface area (Å²) in [5.74, 6) is -1.16. The van der Waals surface area contributed by atoms with Crippen molar-refractivity contribution in [3.63, 3.8) is 0 Å². The summed E-state index contributed by atoms with van der Waals surface area (Å²) in [6.07, 6.45) is -5.98. The third kappa shape index (κ3) is 3.71. The minimum atomic E-state index is -4.67. The molecule has 2 aromatic carbocycles. The van der Waals surface area contributed by atoms with Crippen LogP contribution in [0.2, 0.25) is 0 Å². The van der Waals surface area contributed by atoms with Gasteiger partial charge in [-0.05, 0) is 18.2 Å². The number of alkyl halides is 5. The fourth-order valence-electron chi connectivity index (χ4n) is 2.80. The summed E-state index contributed by atoms with van der Waals surface area (Å²) in [5.41, 5.74) is 0.382. The molecule has 0 saturated heterocycles. The molecule has 1 heterocycles. The van der Waals surface area contributed by atoms with Crippen molar-refractivity contribution in [3.05, 3.63) is 59.7 Å². The molecule has 0 bridgehead atoms. The number of hydrogen-bond donors (Lipinski definition) is 1. The van der Waals surface area contributed by atoms with Crippen LogP contribution in [0.5, 0.6) is 5.75 Å². The van der Waals surface area contributed by atoms with Crippen LogP contribution >= 0.6 is 0 Å². The second kappa shape index (κ2) is 6.81. The molecule has 0 radical (unpaired) electrons. The fourth-order valence-corrected chi connectivity index (χ4v) is 2.80.